The van der Waals surface area contributed by atoms with Gasteiger partial charge in [-0.2, -0.15) is 0 Å². The third kappa shape index (κ3) is 4.77. The summed E-state index contributed by atoms with van der Waals surface area (Å²) in [5.41, 5.74) is 0.246. The third-order valence-corrected chi connectivity index (χ3v) is 8.83. The van der Waals surface area contributed by atoms with E-state index in [0.717, 1.165) is 31.2 Å². The number of fused-ring (bicyclic) bond motifs is 1. The molecule has 5 atom stereocenters. The van der Waals surface area contributed by atoms with Gasteiger partial charge in [-0.15, -0.1) is 0 Å². The highest BCUT2D eigenvalue weighted by Gasteiger charge is 2.72. The van der Waals surface area contributed by atoms with Crippen molar-refractivity contribution < 1.29 is 23.9 Å². The Kier molecular flexibility index (Phi) is 7.31. The topological polar surface area (TPSA) is 97.0 Å². The smallest absolute Gasteiger partial charge is 0.246 e. The van der Waals surface area contributed by atoms with Gasteiger partial charge in [-0.25, -0.2) is 0 Å². The Balaban J connectivity index is 1.29. The number of ether oxygens (including phenoxy) is 2. The number of nitrogens with zero attached hydrogens (tertiary/aromatic N) is 1. The number of benzene rings is 2. The zero-order chi connectivity index (χ0) is 27.9. The molecule has 0 unspecified atom stereocenters. The van der Waals surface area contributed by atoms with E-state index in [0.29, 0.717) is 23.1 Å². The van der Waals surface area contributed by atoms with Crippen LogP contribution in [0.4, 0.5) is 5.69 Å². The quantitative estimate of drug-likeness (QED) is 0.462. The highest BCUT2D eigenvalue weighted by atomic mass is 35.5. The average molecular weight is 564 g/mol. The van der Waals surface area contributed by atoms with Gasteiger partial charge in [0.1, 0.15) is 17.4 Å². The molecule has 1 aliphatic carbocycles. The summed E-state index contributed by atoms with van der Waals surface area (Å²) < 4.78 is 11.9. The van der Waals surface area contributed by atoms with Crippen molar-refractivity contribution >= 4 is 35.0 Å². The van der Waals surface area contributed by atoms with Gasteiger partial charge in [0.05, 0.1) is 24.5 Å². The standard InChI is InChI=1S/C31H34ClN3O5/c1-2-39-23-14-12-22(13-15-23)33-28(36)25-24-16-17-31(40-24)26(25)30(38)35(18-19-8-10-20(32)11-9-19)27(31)29(37)34-21-6-4-3-5-7-21/h8-17,21,24-27H,2-7,18H2,1H3,(H,33,36)(H,34,37)/t24-,25+,26-,27-,31-/m0/s1. The SMILES string of the molecule is CCOc1ccc(NC(=O)[C@@H]2[C@@H]3C=C[C@]4(O3)[C@@H]2C(=O)N(Cc2ccc(Cl)cc2)[C@H]4C(=O)NC2CCCCC2)cc1. The van der Waals surface area contributed by atoms with Crippen molar-refractivity contribution in [3.05, 3.63) is 71.3 Å². The molecule has 210 valence electrons. The highest BCUT2D eigenvalue weighted by molar-refractivity contribution is 6.30. The zero-order valence-corrected chi connectivity index (χ0v) is 23.2. The van der Waals surface area contributed by atoms with Crippen molar-refractivity contribution in [2.45, 2.75) is 69.4 Å². The second kappa shape index (κ2) is 10.9. The van der Waals surface area contributed by atoms with Crippen molar-refractivity contribution in [2.24, 2.45) is 11.8 Å². The fraction of sp³-hybridized carbons (Fsp3) is 0.452. The van der Waals surface area contributed by atoms with Gasteiger partial charge in [0.2, 0.25) is 17.7 Å². The molecule has 2 aromatic rings. The molecule has 40 heavy (non-hydrogen) atoms. The number of hydrogen-bond donors (Lipinski definition) is 2. The Bertz CT molecular complexity index is 1310. The van der Waals surface area contributed by atoms with Gasteiger partial charge >= 0.3 is 0 Å². The summed E-state index contributed by atoms with van der Waals surface area (Å²) in [5.74, 6) is -1.64. The predicted molar refractivity (Wildman–Crippen MR) is 151 cm³/mol. The summed E-state index contributed by atoms with van der Waals surface area (Å²) in [6, 6.07) is 13.5. The number of likely N-dealkylation sites (tertiary alicyclic amines) is 1. The normalized spacial score (nSPS) is 28.9. The van der Waals surface area contributed by atoms with Crippen LogP contribution in [0.25, 0.3) is 0 Å². The second-order valence-electron chi connectivity index (χ2n) is 11.1. The summed E-state index contributed by atoms with van der Waals surface area (Å²) >= 11 is 6.09. The van der Waals surface area contributed by atoms with Crippen LogP contribution < -0.4 is 15.4 Å². The number of anilines is 1. The van der Waals surface area contributed by atoms with Crippen LogP contribution in [-0.4, -0.2) is 53.0 Å². The molecule has 4 aliphatic rings. The van der Waals surface area contributed by atoms with Gasteiger partial charge in [-0.05, 0) is 61.7 Å². The molecular weight excluding hydrogens is 530 g/mol. The van der Waals surface area contributed by atoms with Gasteiger partial charge in [-0.1, -0.05) is 55.1 Å². The zero-order valence-electron chi connectivity index (χ0n) is 22.5. The number of carbonyl (C=O) groups excluding carboxylic acids is 3. The summed E-state index contributed by atoms with van der Waals surface area (Å²) in [7, 11) is 0. The molecule has 3 fully saturated rings. The highest BCUT2D eigenvalue weighted by Crippen LogP contribution is 2.55. The Morgan fingerprint density at radius 3 is 2.48 bits per heavy atom. The molecule has 0 aromatic heterocycles. The maximum Gasteiger partial charge on any atom is 0.246 e. The van der Waals surface area contributed by atoms with Gasteiger partial charge in [0.25, 0.3) is 0 Å². The first-order valence-electron chi connectivity index (χ1n) is 14.2. The van der Waals surface area contributed by atoms with Crippen molar-refractivity contribution in [1.29, 1.82) is 0 Å². The summed E-state index contributed by atoms with van der Waals surface area (Å²) in [6.45, 7) is 2.67. The fourth-order valence-electron chi connectivity index (χ4n) is 6.78. The Morgan fingerprint density at radius 1 is 1.05 bits per heavy atom. The van der Waals surface area contributed by atoms with Crippen LogP contribution >= 0.6 is 11.6 Å². The van der Waals surface area contributed by atoms with Gasteiger partial charge < -0.3 is 25.0 Å². The largest absolute Gasteiger partial charge is 0.494 e. The molecule has 3 aliphatic heterocycles. The molecule has 2 saturated heterocycles. The van der Waals surface area contributed by atoms with Gasteiger partial charge in [0.15, 0.2) is 0 Å². The van der Waals surface area contributed by atoms with Crippen molar-refractivity contribution in [3.63, 3.8) is 0 Å². The Hall–Kier alpha value is -3.36. The molecule has 3 amide bonds. The van der Waals surface area contributed by atoms with Gasteiger partial charge in [0, 0.05) is 23.3 Å². The van der Waals surface area contributed by atoms with Crippen LogP contribution in [0.3, 0.4) is 0 Å². The summed E-state index contributed by atoms with van der Waals surface area (Å²) in [6.07, 6.45) is 8.25. The van der Waals surface area contributed by atoms with E-state index in [-0.39, 0.29) is 30.3 Å². The van der Waals surface area contributed by atoms with Crippen LogP contribution in [0.5, 0.6) is 5.75 Å². The molecule has 0 radical (unpaired) electrons. The molecule has 3 heterocycles. The van der Waals surface area contributed by atoms with Crippen molar-refractivity contribution in [3.8, 4) is 5.75 Å². The molecule has 2 bridgehead atoms. The number of nitrogens with one attached hydrogen (secondary N) is 2. The van der Waals surface area contributed by atoms with E-state index in [2.05, 4.69) is 10.6 Å². The third-order valence-electron chi connectivity index (χ3n) is 8.58. The predicted octanol–water partition coefficient (Wildman–Crippen LogP) is 4.48. The molecule has 9 heteroatoms. The molecule has 2 N–H and O–H groups in total. The molecular formula is C31H34ClN3O5. The van der Waals surface area contributed by atoms with E-state index in [1.54, 1.807) is 41.3 Å². The van der Waals surface area contributed by atoms with E-state index in [1.807, 2.05) is 31.2 Å². The lowest BCUT2D eigenvalue weighted by atomic mass is 9.74. The number of rotatable bonds is 8. The van der Waals surface area contributed by atoms with Crippen LogP contribution in [0.1, 0.15) is 44.6 Å². The number of carbonyl (C=O) groups is 3. The average Bonchev–Trinajstić information content (AvgIpc) is 3.59. The van der Waals surface area contributed by atoms with Crippen LogP contribution in [-0.2, 0) is 25.7 Å². The summed E-state index contributed by atoms with van der Waals surface area (Å²) in [5, 5.41) is 6.76. The van der Waals surface area contributed by atoms with E-state index >= 15 is 0 Å². The number of hydrogen-bond acceptors (Lipinski definition) is 5. The van der Waals surface area contributed by atoms with Crippen LogP contribution in [0.15, 0.2) is 60.7 Å². The molecule has 2 aromatic carbocycles. The minimum Gasteiger partial charge on any atom is -0.494 e. The lowest BCUT2D eigenvalue weighted by Crippen LogP contribution is -2.56. The Morgan fingerprint density at radius 2 is 1.77 bits per heavy atom. The fourth-order valence-corrected chi connectivity index (χ4v) is 6.90. The first kappa shape index (κ1) is 26.8. The van der Waals surface area contributed by atoms with E-state index in [9.17, 15) is 14.4 Å². The minimum absolute atomic E-state index is 0.0746. The minimum atomic E-state index is -1.20. The maximum absolute atomic E-state index is 14.1. The van der Waals surface area contributed by atoms with E-state index in [1.165, 1.54) is 6.42 Å². The van der Waals surface area contributed by atoms with E-state index < -0.39 is 29.6 Å². The first-order chi connectivity index (χ1) is 19.4. The molecule has 1 spiro atoms. The van der Waals surface area contributed by atoms with Crippen molar-refractivity contribution in [2.75, 3.05) is 11.9 Å². The number of amides is 3. The van der Waals surface area contributed by atoms with E-state index in [4.69, 9.17) is 21.1 Å². The van der Waals surface area contributed by atoms with Gasteiger partial charge in [-0.3, -0.25) is 14.4 Å². The number of halogens is 1. The lowest BCUT2D eigenvalue weighted by Gasteiger charge is -2.34. The molecule has 8 nitrogen and oxygen atoms in total. The molecule has 1 saturated carbocycles. The maximum atomic E-state index is 14.1. The monoisotopic (exact) mass is 563 g/mol. The van der Waals surface area contributed by atoms with Crippen LogP contribution in [0, 0.1) is 11.8 Å². The lowest BCUT2D eigenvalue weighted by molar-refractivity contribution is -0.142. The van der Waals surface area contributed by atoms with Crippen molar-refractivity contribution in [1.82, 2.24) is 10.2 Å². The Labute approximate surface area is 239 Å². The van der Waals surface area contributed by atoms with Crippen LogP contribution in [0.2, 0.25) is 5.02 Å². The second-order valence-corrected chi connectivity index (χ2v) is 11.5. The molecule has 6 rings (SSSR count). The summed E-state index contributed by atoms with van der Waals surface area (Å²) in [4.78, 5) is 43.3. The first-order valence-corrected chi connectivity index (χ1v) is 14.5.